The number of fused-ring (bicyclic) bond motifs is 1. The van der Waals surface area contributed by atoms with E-state index in [0.29, 0.717) is 37.7 Å². The van der Waals surface area contributed by atoms with Gasteiger partial charge in [0.1, 0.15) is 13.2 Å². The Morgan fingerprint density at radius 3 is 2.61 bits per heavy atom. The van der Waals surface area contributed by atoms with Gasteiger partial charge in [-0.25, -0.2) is 4.68 Å². The van der Waals surface area contributed by atoms with Crippen LogP contribution in [0, 0.1) is 13.8 Å². The fourth-order valence-corrected chi connectivity index (χ4v) is 3.99. The number of para-hydroxylation sites is 1. The highest BCUT2D eigenvalue weighted by Crippen LogP contribution is 2.34. The van der Waals surface area contributed by atoms with Gasteiger partial charge in [0.05, 0.1) is 17.8 Å². The third kappa shape index (κ3) is 4.39. The van der Waals surface area contributed by atoms with Crippen LogP contribution in [0.5, 0.6) is 11.5 Å². The number of ether oxygens (including phenoxy) is 2. The molecule has 1 amide bonds. The topological polar surface area (TPSA) is 56.6 Å². The molecule has 1 aliphatic heterocycles. The van der Waals surface area contributed by atoms with Crippen molar-refractivity contribution in [3.05, 3.63) is 70.0 Å². The Kier molecular flexibility index (Phi) is 6.18. The summed E-state index contributed by atoms with van der Waals surface area (Å²) in [7, 11) is 0. The van der Waals surface area contributed by atoms with E-state index in [2.05, 4.69) is 5.10 Å². The smallest absolute Gasteiger partial charge is 0.227 e. The number of aromatic nitrogens is 2. The lowest BCUT2D eigenvalue weighted by atomic mass is 10.1. The fourth-order valence-electron chi connectivity index (χ4n) is 3.87. The number of rotatable bonds is 6. The molecule has 0 radical (unpaired) electrons. The van der Waals surface area contributed by atoms with Gasteiger partial charge in [0, 0.05) is 34.9 Å². The van der Waals surface area contributed by atoms with Gasteiger partial charge in [-0.2, -0.15) is 5.10 Å². The number of nitrogens with zero attached hydrogens (tertiary/aromatic N) is 3. The van der Waals surface area contributed by atoms with E-state index in [1.54, 1.807) is 0 Å². The van der Waals surface area contributed by atoms with Crippen molar-refractivity contribution in [2.45, 2.75) is 33.7 Å². The Morgan fingerprint density at radius 1 is 1.13 bits per heavy atom. The van der Waals surface area contributed by atoms with E-state index in [0.717, 1.165) is 39.7 Å². The second kappa shape index (κ2) is 9.02. The molecule has 2 heterocycles. The van der Waals surface area contributed by atoms with Crippen LogP contribution >= 0.6 is 11.6 Å². The number of hydrogen-bond donors (Lipinski definition) is 0. The average Bonchev–Trinajstić information content (AvgIpc) is 3.06. The van der Waals surface area contributed by atoms with E-state index in [1.165, 1.54) is 0 Å². The van der Waals surface area contributed by atoms with Crippen LogP contribution < -0.4 is 9.47 Å². The third-order valence-electron chi connectivity index (χ3n) is 5.58. The van der Waals surface area contributed by atoms with E-state index in [9.17, 15) is 4.79 Å². The molecular weight excluding hydrogens is 414 g/mol. The third-order valence-corrected chi connectivity index (χ3v) is 5.84. The Balaban J connectivity index is 1.54. The minimum atomic E-state index is 0.0543. The molecule has 0 saturated heterocycles. The van der Waals surface area contributed by atoms with Crippen molar-refractivity contribution in [3.8, 4) is 17.2 Å². The van der Waals surface area contributed by atoms with Crippen molar-refractivity contribution in [1.29, 1.82) is 0 Å². The van der Waals surface area contributed by atoms with Crippen molar-refractivity contribution in [2.24, 2.45) is 0 Å². The Hall–Kier alpha value is -2.99. The summed E-state index contributed by atoms with van der Waals surface area (Å²) in [5, 5.41) is 5.33. The maximum absolute atomic E-state index is 13.2. The molecule has 0 unspecified atom stereocenters. The van der Waals surface area contributed by atoms with Gasteiger partial charge >= 0.3 is 0 Å². The molecule has 4 rings (SSSR count). The number of halogens is 1. The summed E-state index contributed by atoms with van der Waals surface area (Å²) in [6, 6.07) is 13.3. The standard InChI is InChI=1S/C24H26ClN3O3/c1-4-27(15-18-6-5-7-22-24(18)31-13-12-30-22)23(29)14-21-16(2)26-28(17(21)3)20-10-8-19(25)9-11-20/h5-11H,4,12-15H2,1-3H3. The van der Waals surface area contributed by atoms with Crippen LogP contribution in [0.4, 0.5) is 0 Å². The van der Waals surface area contributed by atoms with Gasteiger partial charge in [0.25, 0.3) is 0 Å². The van der Waals surface area contributed by atoms with Crippen molar-refractivity contribution >= 4 is 17.5 Å². The highest BCUT2D eigenvalue weighted by atomic mass is 35.5. The Bertz CT molecular complexity index is 1090. The number of carbonyl (C=O) groups is 1. The first-order chi connectivity index (χ1) is 15.0. The van der Waals surface area contributed by atoms with Gasteiger partial charge < -0.3 is 14.4 Å². The van der Waals surface area contributed by atoms with Crippen molar-refractivity contribution < 1.29 is 14.3 Å². The predicted molar refractivity (Wildman–Crippen MR) is 120 cm³/mol. The van der Waals surface area contributed by atoms with Crippen molar-refractivity contribution in [2.75, 3.05) is 19.8 Å². The number of amides is 1. The molecule has 0 aliphatic carbocycles. The maximum Gasteiger partial charge on any atom is 0.227 e. The summed E-state index contributed by atoms with van der Waals surface area (Å²) in [5.41, 5.74) is 4.64. The van der Waals surface area contributed by atoms with Crippen LogP contribution in [0.2, 0.25) is 5.02 Å². The van der Waals surface area contributed by atoms with Gasteiger partial charge in [0.15, 0.2) is 11.5 Å². The molecule has 0 N–H and O–H groups in total. The Morgan fingerprint density at radius 2 is 1.87 bits per heavy atom. The molecule has 7 heteroatoms. The molecule has 2 aromatic carbocycles. The van der Waals surface area contributed by atoms with Crippen LogP contribution in [0.1, 0.15) is 29.4 Å². The second-order valence-electron chi connectivity index (χ2n) is 7.56. The number of carbonyl (C=O) groups excluding carboxylic acids is 1. The number of benzene rings is 2. The lowest BCUT2D eigenvalue weighted by Gasteiger charge is -2.25. The predicted octanol–water partition coefficient (Wildman–Crippen LogP) is 4.50. The molecule has 0 saturated carbocycles. The molecule has 162 valence electrons. The van der Waals surface area contributed by atoms with E-state index < -0.39 is 0 Å². The first kappa shape index (κ1) is 21.2. The molecule has 1 aromatic heterocycles. The quantitative estimate of drug-likeness (QED) is 0.567. The normalized spacial score (nSPS) is 12.6. The zero-order valence-electron chi connectivity index (χ0n) is 18.0. The van der Waals surface area contributed by atoms with Crippen LogP contribution in [-0.4, -0.2) is 40.3 Å². The minimum Gasteiger partial charge on any atom is -0.486 e. The zero-order valence-corrected chi connectivity index (χ0v) is 18.8. The van der Waals surface area contributed by atoms with E-state index in [-0.39, 0.29) is 5.91 Å². The molecule has 0 spiro atoms. The molecule has 6 nitrogen and oxygen atoms in total. The summed E-state index contributed by atoms with van der Waals surface area (Å²) < 4.78 is 13.3. The number of aryl methyl sites for hydroxylation is 1. The highest BCUT2D eigenvalue weighted by molar-refractivity contribution is 6.30. The van der Waals surface area contributed by atoms with Crippen LogP contribution in [-0.2, 0) is 17.8 Å². The number of hydrogen-bond acceptors (Lipinski definition) is 4. The van der Waals surface area contributed by atoms with Gasteiger partial charge in [-0.1, -0.05) is 23.7 Å². The molecule has 0 fully saturated rings. The zero-order chi connectivity index (χ0) is 22.0. The maximum atomic E-state index is 13.2. The van der Waals surface area contributed by atoms with Gasteiger partial charge in [0.2, 0.25) is 5.91 Å². The summed E-state index contributed by atoms with van der Waals surface area (Å²) in [6.07, 6.45) is 0.297. The lowest BCUT2D eigenvalue weighted by Crippen LogP contribution is -2.32. The molecule has 0 bridgehead atoms. The molecule has 0 atom stereocenters. The van der Waals surface area contributed by atoms with E-state index >= 15 is 0 Å². The summed E-state index contributed by atoms with van der Waals surface area (Å²) in [5.74, 6) is 1.53. The minimum absolute atomic E-state index is 0.0543. The van der Waals surface area contributed by atoms with Crippen LogP contribution in [0.3, 0.4) is 0 Å². The summed E-state index contributed by atoms with van der Waals surface area (Å²) in [6.45, 7) is 8.07. The second-order valence-corrected chi connectivity index (χ2v) is 8.00. The van der Waals surface area contributed by atoms with E-state index in [1.807, 2.05) is 72.8 Å². The monoisotopic (exact) mass is 439 g/mol. The van der Waals surface area contributed by atoms with Crippen LogP contribution in [0.25, 0.3) is 5.69 Å². The molecule has 1 aliphatic rings. The molecular formula is C24H26ClN3O3. The fraction of sp³-hybridized carbons (Fsp3) is 0.333. The SMILES string of the molecule is CCN(Cc1cccc2c1OCCO2)C(=O)Cc1c(C)nn(-c2ccc(Cl)cc2)c1C. The first-order valence-corrected chi connectivity index (χ1v) is 10.8. The lowest BCUT2D eigenvalue weighted by molar-refractivity contribution is -0.130. The van der Waals surface area contributed by atoms with Gasteiger partial charge in [-0.3, -0.25) is 4.79 Å². The average molecular weight is 440 g/mol. The molecule has 31 heavy (non-hydrogen) atoms. The van der Waals surface area contributed by atoms with Crippen molar-refractivity contribution in [3.63, 3.8) is 0 Å². The summed E-state index contributed by atoms with van der Waals surface area (Å²) >= 11 is 6.01. The highest BCUT2D eigenvalue weighted by Gasteiger charge is 2.22. The number of likely N-dealkylation sites (N-methyl/N-ethyl adjacent to an activating group) is 1. The van der Waals surface area contributed by atoms with Crippen LogP contribution in [0.15, 0.2) is 42.5 Å². The van der Waals surface area contributed by atoms with E-state index in [4.69, 9.17) is 21.1 Å². The molecule has 3 aromatic rings. The summed E-state index contributed by atoms with van der Waals surface area (Å²) in [4.78, 5) is 15.0. The first-order valence-electron chi connectivity index (χ1n) is 10.4. The Labute approximate surface area is 187 Å². The van der Waals surface area contributed by atoms with Gasteiger partial charge in [-0.05, 0) is 51.1 Å². The van der Waals surface area contributed by atoms with Crippen molar-refractivity contribution in [1.82, 2.24) is 14.7 Å². The van der Waals surface area contributed by atoms with Gasteiger partial charge in [-0.15, -0.1) is 0 Å². The largest absolute Gasteiger partial charge is 0.486 e.